The van der Waals surface area contributed by atoms with E-state index in [-0.39, 0.29) is 0 Å². The van der Waals surface area contributed by atoms with E-state index >= 15 is 0 Å². The second kappa shape index (κ2) is 6.42. The number of aliphatic hydroxyl groups is 1. The van der Waals surface area contributed by atoms with Gasteiger partial charge in [-0.1, -0.05) is 17.7 Å². The number of hydrogen-bond donors (Lipinski definition) is 1. The van der Waals surface area contributed by atoms with E-state index in [1.54, 1.807) is 6.07 Å². The maximum absolute atomic E-state index is 10.6. The molecule has 2 aromatic rings. The molecule has 0 saturated carbocycles. The number of aliphatic hydroxyl groups excluding tert-OH is 1. The predicted octanol–water partition coefficient (Wildman–Crippen LogP) is 4.19. The summed E-state index contributed by atoms with van der Waals surface area (Å²) in [6.45, 7) is 1.28. The summed E-state index contributed by atoms with van der Waals surface area (Å²) in [5, 5.41) is 11.2. The van der Waals surface area contributed by atoms with Crippen molar-refractivity contribution in [3.05, 3.63) is 56.1 Å². The summed E-state index contributed by atoms with van der Waals surface area (Å²) in [5.74, 6) is 1.41. The van der Waals surface area contributed by atoms with E-state index in [0.29, 0.717) is 24.0 Å². The molecule has 1 aliphatic heterocycles. The fourth-order valence-corrected chi connectivity index (χ4v) is 3.06. The van der Waals surface area contributed by atoms with Crippen molar-refractivity contribution < 1.29 is 14.6 Å². The molecule has 0 aliphatic carbocycles. The van der Waals surface area contributed by atoms with Crippen molar-refractivity contribution in [3.63, 3.8) is 0 Å². The van der Waals surface area contributed by atoms with Crippen LogP contribution in [0.4, 0.5) is 0 Å². The Labute approximate surface area is 142 Å². The van der Waals surface area contributed by atoms with E-state index in [0.717, 1.165) is 26.9 Å². The molecule has 1 atom stereocenters. The van der Waals surface area contributed by atoms with Crippen LogP contribution in [-0.4, -0.2) is 18.3 Å². The molecule has 1 N–H and O–H groups in total. The second-order valence-corrected chi connectivity index (χ2v) is 6.42. The molecule has 0 bridgehead atoms. The first kappa shape index (κ1) is 14.9. The van der Waals surface area contributed by atoms with Gasteiger partial charge in [-0.05, 0) is 64.0 Å². The highest BCUT2D eigenvalue weighted by atomic mass is 127. The monoisotopic (exact) mass is 416 g/mol. The van der Waals surface area contributed by atoms with Crippen LogP contribution in [0.3, 0.4) is 0 Å². The first-order chi connectivity index (χ1) is 10.1. The van der Waals surface area contributed by atoms with Crippen LogP contribution in [0.15, 0.2) is 36.4 Å². The zero-order valence-electron chi connectivity index (χ0n) is 11.2. The lowest BCUT2D eigenvalue weighted by molar-refractivity contribution is 0.218. The number of fused-ring (bicyclic) bond motifs is 1. The molecule has 21 heavy (non-hydrogen) atoms. The first-order valence-corrected chi connectivity index (χ1v) is 8.13. The number of benzene rings is 2. The van der Waals surface area contributed by atoms with E-state index in [4.69, 9.17) is 21.1 Å². The number of ether oxygens (including phenoxy) is 2. The summed E-state index contributed by atoms with van der Waals surface area (Å²) >= 11 is 8.22. The van der Waals surface area contributed by atoms with Crippen LogP contribution in [0.25, 0.3) is 0 Å². The molecule has 3 rings (SSSR count). The van der Waals surface area contributed by atoms with Crippen molar-refractivity contribution in [2.45, 2.75) is 12.5 Å². The van der Waals surface area contributed by atoms with Gasteiger partial charge in [0.15, 0.2) is 11.5 Å². The largest absolute Gasteiger partial charge is 0.490 e. The second-order valence-electron chi connectivity index (χ2n) is 4.83. The summed E-state index contributed by atoms with van der Waals surface area (Å²) in [6.07, 6.45) is 0.117. The van der Waals surface area contributed by atoms with Gasteiger partial charge >= 0.3 is 0 Å². The van der Waals surface area contributed by atoms with Gasteiger partial charge in [0.1, 0.15) is 6.10 Å². The predicted molar refractivity (Wildman–Crippen MR) is 90.3 cm³/mol. The Kier molecular flexibility index (Phi) is 4.57. The van der Waals surface area contributed by atoms with Gasteiger partial charge in [-0.25, -0.2) is 0 Å². The molecule has 0 radical (unpaired) electrons. The standard InChI is InChI=1S/C16H14ClIO3/c17-11-3-4-13(18)12(9-11)16(19)10-2-5-14-15(8-10)21-7-1-6-20-14/h2-5,8-9,16,19H,1,6-7H2. The van der Waals surface area contributed by atoms with Crippen molar-refractivity contribution in [3.8, 4) is 11.5 Å². The topological polar surface area (TPSA) is 38.7 Å². The summed E-state index contributed by atoms with van der Waals surface area (Å²) in [6, 6.07) is 11.0. The Morgan fingerprint density at radius 1 is 1.05 bits per heavy atom. The molecule has 2 aromatic carbocycles. The van der Waals surface area contributed by atoms with Gasteiger partial charge in [-0.15, -0.1) is 0 Å². The van der Waals surface area contributed by atoms with Crippen LogP contribution < -0.4 is 9.47 Å². The van der Waals surface area contributed by atoms with Crippen molar-refractivity contribution in [1.29, 1.82) is 0 Å². The minimum Gasteiger partial charge on any atom is -0.490 e. The van der Waals surface area contributed by atoms with Crippen LogP contribution in [0.2, 0.25) is 5.02 Å². The zero-order valence-corrected chi connectivity index (χ0v) is 14.1. The first-order valence-electron chi connectivity index (χ1n) is 6.68. The molecule has 0 spiro atoms. The summed E-state index contributed by atoms with van der Waals surface area (Å²) in [5.41, 5.74) is 1.55. The average Bonchev–Trinajstić information content (AvgIpc) is 2.73. The van der Waals surface area contributed by atoms with Crippen molar-refractivity contribution in [1.82, 2.24) is 0 Å². The molecule has 1 heterocycles. The fraction of sp³-hybridized carbons (Fsp3) is 0.250. The highest BCUT2D eigenvalue weighted by Gasteiger charge is 2.18. The van der Waals surface area contributed by atoms with Crippen LogP contribution in [0, 0.1) is 3.57 Å². The number of hydrogen-bond acceptors (Lipinski definition) is 3. The Hall–Kier alpha value is -0.980. The van der Waals surface area contributed by atoms with Crippen LogP contribution >= 0.6 is 34.2 Å². The smallest absolute Gasteiger partial charge is 0.161 e. The van der Waals surface area contributed by atoms with Crippen LogP contribution in [0.1, 0.15) is 23.7 Å². The molecule has 0 fully saturated rings. The molecule has 0 aromatic heterocycles. The molecule has 0 amide bonds. The van der Waals surface area contributed by atoms with E-state index in [1.165, 1.54) is 0 Å². The van der Waals surface area contributed by atoms with Crippen LogP contribution in [0.5, 0.6) is 11.5 Å². The van der Waals surface area contributed by atoms with Crippen molar-refractivity contribution in [2.24, 2.45) is 0 Å². The normalized spacial score (nSPS) is 15.4. The maximum atomic E-state index is 10.6. The molecule has 0 saturated heterocycles. The minimum absolute atomic E-state index is 0.610. The highest BCUT2D eigenvalue weighted by molar-refractivity contribution is 14.1. The fourth-order valence-electron chi connectivity index (χ4n) is 2.25. The summed E-state index contributed by atoms with van der Waals surface area (Å²) < 4.78 is 12.2. The molecule has 1 unspecified atom stereocenters. The third kappa shape index (κ3) is 3.27. The molecular formula is C16H14ClIO3. The van der Waals surface area contributed by atoms with E-state index in [9.17, 15) is 5.11 Å². The Bertz CT molecular complexity index is 660. The third-order valence-electron chi connectivity index (χ3n) is 3.34. The lowest BCUT2D eigenvalue weighted by atomic mass is 10.0. The van der Waals surface area contributed by atoms with E-state index in [1.807, 2.05) is 30.3 Å². The highest BCUT2D eigenvalue weighted by Crippen LogP contribution is 2.35. The minimum atomic E-state index is -0.743. The van der Waals surface area contributed by atoms with Crippen molar-refractivity contribution in [2.75, 3.05) is 13.2 Å². The summed E-state index contributed by atoms with van der Waals surface area (Å²) in [4.78, 5) is 0. The Balaban J connectivity index is 1.96. The SMILES string of the molecule is OC(c1ccc2c(c1)OCCCO2)c1cc(Cl)ccc1I. The molecule has 110 valence electrons. The third-order valence-corrected chi connectivity index (χ3v) is 4.56. The van der Waals surface area contributed by atoms with Gasteiger partial charge in [-0.3, -0.25) is 0 Å². The van der Waals surface area contributed by atoms with Crippen molar-refractivity contribution >= 4 is 34.2 Å². The molecule has 3 nitrogen and oxygen atoms in total. The molecule has 5 heteroatoms. The van der Waals surface area contributed by atoms with Gasteiger partial charge in [-0.2, -0.15) is 0 Å². The van der Waals surface area contributed by atoms with Gasteiger partial charge in [0.05, 0.1) is 13.2 Å². The summed E-state index contributed by atoms with van der Waals surface area (Å²) in [7, 11) is 0. The molecule has 1 aliphatic rings. The Morgan fingerprint density at radius 2 is 1.81 bits per heavy atom. The van der Waals surface area contributed by atoms with Gasteiger partial charge in [0, 0.05) is 15.0 Å². The van der Waals surface area contributed by atoms with Crippen LogP contribution in [-0.2, 0) is 0 Å². The maximum Gasteiger partial charge on any atom is 0.161 e. The van der Waals surface area contributed by atoms with Gasteiger partial charge < -0.3 is 14.6 Å². The average molecular weight is 417 g/mol. The lowest BCUT2D eigenvalue weighted by Gasteiger charge is -2.16. The molecular weight excluding hydrogens is 403 g/mol. The lowest BCUT2D eigenvalue weighted by Crippen LogP contribution is -2.03. The quantitative estimate of drug-likeness (QED) is 0.746. The zero-order chi connectivity index (χ0) is 14.8. The Morgan fingerprint density at radius 3 is 2.62 bits per heavy atom. The van der Waals surface area contributed by atoms with E-state index < -0.39 is 6.10 Å². The van der Waals surface area contributed by atoms with Gasteiger partial charge in [0.2, 0.25) is 0 Å². The van der Waals surface area contributed by atoms with E-state index in [2.05, 4.69) is 22.6 Å². The number of halogens is 2. The number of rotatable bonds is 2. The van der Waals surface area contributed by atoms with Gasteiger partial charge in [0.25, 0.3) is 0 Å².